The van der Waals surface area contributed by atoms with Crippen LogP contribution in [0.4, 0.5) is 0 Å². The van der Waals surface area contributed by atoms with Crippen molar-refractivity contribution in [2.45, 2.75) is 25.3 Å². The molecule has 0 aromatic carbocycles. The first kappa shape index (κ1) is 12.5. The number of rotatable bonds is 6. The molecule has 2 nitrogen and oxygen atoms in total. The molecule has 0 aromatic heterocycles. The van der Waals surface area contributed by atoms with Crippen molar-refractivity contribution >= 4 is 11.8 Å². The predicted octanol–water partition coefficient (Wildman–Crippen LogP) is 1.98. The molecule has 2 fully saturated rings. The van der Waals surface area contributed by atoms with Crippen LogP contribution in [0, 0.1) is 5.92 Å². The molecule has 0 aromatic rings. The van der Waals surface area contributed by atoms with Gasteiger partial charge in [0.25, 0.3) is 0 Å². The summed E-state index contributed by atoms with van der Waals surface area (Å²) in [6.07, 6.45) is 6.23. The van der Waals surface area contributed by atoms with Crippen molar-refractivity contribution in [3.05, 3.63) is 12.7 Å². The highest BCUT2D eigenvalue weighted by atomic mass is 32.2. The van der Waals surface area contributed by atoms with Gasteiger partial charge in [-0.15, -0.1) is 6.58 Å². The minimum atomic E-state index is 0.784. The Morgan fingerprint density at radius 1 is 1.44 bits per heavy atom. The molecule has 16 heavy (non-hydrogen) atoms. The van der Waals surface area contributed by atoms with Crippen LogP contribution in [0.5, 0.6) is 0 Å². The second-order valence-corrected chi connectivity index (χ2v) is 6.07. The average Bonchev–Trinajstić information content (AvgIpc) is 3.10. The fourth-order valence-corrected chi connectivity index (χ4v) is 3.12. The van der Waals surface area contributed by atoms with Crippen LogP contribution in [0.1, 0.15) is 19.3 Å². The third kappa shape index (κ3) is 4.11. The van der Waals surface area contributed by atoms with E-state index in [2.05, 4.69) is 16.8 Å². The van der Waals surface area contributed by atoms with E-state index >= 15 is 0 Å². The predicted molar refractivity (Wildman–Crippen MR) is 73.1 cm³/mol. The highest BCUT2D eigenvalue weighted by Crippen LogP contribution is 2.33. The summed E-state index contributed by atoms with van der Waals surface area (Å²) in [5, 5.41) is 3.71. The lowest BCUT2D eigenvalue weighted by Crippen LogP contribution is -2.39. The van der Waals surface area contributed by atoms with Crippen molar-refractivity contribution in [3.63, 3.8) is 0 Å². The lowest BCUT2D eigenvalue weighted by Gasteiger charge is -2.24. The fourth-order valence-electron chi connectivity index (χ4n) is 2.40. The molecule has 1 saturated heterocycles. The molecule has 0 radical (unpaired) electrons. The third-order valence-corrected chi connectivity index (χ3v) is 4.43. The molecular weight excluding hydrogens is 216 g/mol. The minimum absolute atomic E-state index is 0.784. The van der Waals surface area contributed by atoms with Gasteiger partial charge in [0.1, 0.15) is 0 Å². The lowest BCUT2D eigenvalue weighted by atomic mass is 10.2. The number of hydrogen-bond acceptors (Lipinski definition) is 3. The summed E-state index contributed by atoms with van der Waals surface area (Å²) in [7, 11) is 0. The van der Waals surface area contributed by atoms with Gasteiger partial charge in [-0.05, 0) is 38.3 Å². The Morgan fingerprint density at radius 2 is 2.31 bits per heavy atom. The Balaban J connectivity index is 1.67. The van der Waals surface area contributed by atoms with Crippen LogP contribution in [0.15, 0.2) is 12.7 Å². The maximum Gasteiger partial charge on any atom is 0.0223 e. The standard InChI is InChI=1S/C13H24N2S/c1-2-9-16-10-8-15-7-3-6-14-13(11-15)12-4-5-12/h2,12-14H,1,3-11H2. The van der Waals surface area contributed by atoms with Gasteiger partial charge in [-0.3, -0.25) is 0 Å². The second kappa shape index (κ2) is 6.67. The Labute approximate surface area is 104 Å². The van der Waals surface area contributed by atoms with Crippen molar-refractivity contribution in [1.82, 2.24) is 10.2 Å². The third-order valence-electron chi connectivity index (χ3n) is 3.49. The summed E-state index contributed by atoms with van der Waals surface area (Å²) in [6.45, 7) is 8.79. The quantitative estimate of drug-likeness (QED) is 0.564. The molecular formula is C13H24N2S. The molecule has 2 rings (SSSR count). The molecule has 1 unspecified atom stereocenters. The minimum Gasteiger partial charge on any atom is -0.312 e. The van der Waals surface area contributed by atoms with Crippen molar-refractivity contribution in [3.8, 4) is 0 Å². The van der Waals surface area contributed by atoms with Crippen LogP contribution in [-0.4, -0.2) is 48.6 Å². The van der Waals surface area contributed by atoms with E-state index in [-0.39, 0.29) is 0 Å². The number of thioether (sulfide) groups is 1. The maximum atomic E-state index is 3.76. The molecule has 1 heterocycles. The first-order chi connectivity index (χ1) is 7.90. The zero-order chi connectivity index (χ0) is 11.2. The number of nitrogens with zero attached hydrogens (tertiary/aromatic N) is 1. The SMILES string of the molecule is C=CCSCCN1CCCNC(C2CC2)C1. The van der Waals surface area contributed by atoms with Gasteiger partial charge in [-0.1, -0.05) is 6.08 Å². The molecule has 1 atom stereocenters. The van der Waals surface area contributed by atoms with E-state index in [4.69, 9.17) is 0 Å². The van der Waals surface area contributed by atoms with Crippen LogP contribution in [-0.2, 0) is 0 Å². The van der Waals surface area contributed by atoms with E-state index in [0.717, 1.165) is 17.7 Å². The van der Waals surface area contributed by atoms with Gasteiger partial charge in [0.15, 0.2) is 0 Å². The maximum absolute atomic E-state index is 3.76. The first-order valence-corrected chi connectivity index (χ1v) is 7.70. The summed E-state index contributed by atoms with van der Waals surface area (Å²) in [5.74, 6) is 3.34. The summed E-state index contributed by atoms with van der Waals surface area (Å²) >= 11 is 2.00. The van der Waals surface area contributed by atoms with Crippen LogP contribution >= 0.6 is 11.8 Å². The summed E-state index contributed by atoms with van der Waals surface area (Å²) in [6, 6.07) is 0.784. The van der Waals surface area contributed by atoms with E-state index in [1.54, 1.807) is 0 Å². The molecule has 0 amide bonds. The zero-order valence-electron chi connectivity index (χ0n) is 10.2. The van der Waals surface area contributed by atoms with Crippen LogP contribution in [0.25, 0.3) is 0 Å². The molecule has 1 aliphatic carbocycles. The smallest absolute Gasteiger partial charge is 0.0223 e. The van der Waals surface area contributed by atoms with Crippen molar-refractivity contribution < 1.29 is 0 Å². The molecule has 1 N–H and O–H groups in total. The average molecular weight is 240 g/mol. The number of nitrogens with one attached hydrogen (secondary N) is 1. The molecule has 0 spiro atoms. The van der Waals surface area contributed by atoms with E-state index in [0.29, 0.717) is 0 Å². The van der Waals surface area contributed by atoms with Gasteiger partial charge in [0, 0.05) is 30.6 Å². The van der Waals surface area contributed by atoms with Gasteiger partial charge in [0.05, 0.1) is 0 Å². The molecule has 3 heteroatoms. The van der Waals surface area contributed by atoms with Gasteiger partial charge in [-0.25, -0.2) is 0 Å². The monoisotopic (exact) mass is 240 g/mol. The molecule has 1 saturated carbocycles. The Morgan fingerprint density at radius 3 is 3.06 bits per heavy atom. The first-order valence-electron chi connectivity index (χ1n) is 6.54. The topological polar surface area (TPSA) is 15.3 Å². The lowest BCUT2D eigenvalue weighted by molar-refractivity contribution is 0.273. The van der Waals surface area contributed by atoms with Gasteiger partial charge in [-0.2, -0.15) is 11.8 Å². The van der Waals surface area contributed by atoms with E-state index < -0.39 is 0 Å². The van der Waals surface area contributed by atoms with E-state index in [9.17, 15) is 0 Å². The van der Waals surface area contributed by atoms with Gasteiger partial charge in [0.2, 0.25) is 0 Å². The van der Waals surface area contributed by atoms with Crippen molar-refractivity contribution in [1.29, 1.82) is 0 Å². The highest BCUT2D eigenvalue weighted by Gasteiger charge is 2.32. The largest absolute Gasteiger partial charge is 0.312 e. The van der Waals surface area contributed by atoms with Gasteiger partial charge < -0.3 is 10.2 Å². The van der Waals surface area contributed by atoms with Crippen molar-refractivity contribution in [2.24, 2.45) is 5.92 Å². The number of hydrogen-bond donors (Lipinski definition) is 1. The van der Waals surface area contributed by atoms with Crippen LogP contribution in [0.3, 0.4) is 0 Å². The summed E-state index contributed by atoms with van der Waals surface area (Å²) < 4.78 is 0. The summed E-state index contributed by atoms with van der Waals surface area (Å²) in [5.41, 5.74) is 0. The Hall–Kier alpha value is 0.01000. The Kier molecular flexibility index (Phi) is 5.20. The highest BCUT2D eigenvalue weighted by molar-refractivity contribution is 7.99. The molecule has 92 valence electrons. The summed E-state index contributed by atoms with van der Waals surface area (Å²) in [4.78, 5) is 2.65. The molecule has 2 aliphatic rings. The molecule has 0 bridgehead atoms. The molecule has 1 aliphatic heterocycles. The zero-order valence-corrected chi connectivity index (χ0v) is 11.0. The van der Waals surface area contributed by atoms with Crippen molar-refractivity contribution in [2.75, 3.05) is 37.7 Å². The second-order valence-electron chi connectivity index (χ2n) is 4.92. The van der Waals surface area contributed by atoms with Gasteiger partial charge >= 0.3 is 0 Å². The van der Waals surface area contributed by atoms with E-state index in [1.807, 2.05) is 17.8 Å². The normalized spacial score (nSPS) is 27.6. The Bertz CT molecular complexity index is 216. The van der Waals surface area contributed by atoms with Crippen LogP contribution < -0.4 is 5.32 Å². The van der Waals surface area contributed by atoms with E-state index in [1.165, 1.54) is 51.2 Å². The van der Waals surface area contributed by atoms with Crippen LogP contribution in [0.2, 0.25) is 0 Å². The fraction of sp³-hybridized carbons (Fsp3) is 0.846.